The van der Waals surface area contributed by atoms with Crippen LogP contribution in [-0.4, -0.2) is 35.8 Å². The molecule has 0 spiro atoms. The molecule has 5 heteroatoms. The van der Waals surface area contributed by atoms with Gasteiger partial charge in [0.15, 0.2) is 6.23 Å². The largest absolute Gasteiger partial charge is 0.505 e. The fraction of sp³-hybridized carbons (Fsp3) is 0.222. The lowest BCUT2D eigenvalue weighted by molar-refractivity contribution is -0.113. The molecule has 5 nitrogen and oxygen atoms in total. The van der Waals surface area contributed by atoms with Gasteiger partial charge in [0, 0.05) is 13.2 Å². The minimum absolute atomic E-state index is 0.161. The van der Waals surface area contributed by atoms with Gasteiger partial charge in [0.25, 0.3) is 5.91 Å². The van der Waals surface area contributed by atoms with Crippen LogP contribution in [0.2, 0.25) is 0 Å². The molecule has 0 radical (unpaired) electrons. The second-order valence-electron chi connectivity index (χ2n) is 2.83. The maximum atomic E-state index is 10.9. The van der Waals surface area contributed by atoms with Gasteiger partial charge in [0.05, 0.1) is 5.71 Å². The van der Waals surface area contributed by atoms with Gasteiger partial charge in [-0.1, -0.05) is 0 Å². The van der Waals surface area contributed by atoms with E-state index < -0.39 is 12.1 Å². The molecule has 2 rings (SSSR count). The molecule has 0 aromatic carbocycles. The van der Waals surface area contributed by atoms with Crippen LogP contribution in [0.4, 0.5) is 0 Å². The quantitative estimate of drug-likeness (QED) is 0.653. The molecule has 2 heterocycles. The molecule has 0 aliphatic carbocycles. The van der Waals surface area contributed by atoms with Crippen molar-refractivity contribution in [3.8, 4) is 0 Å². The fourth-order valence-corrected chi connectivity index (χ4v) is 1.24. The number of methoxy groups -OCH3 is 1. The van der Waals surface area contributed by atoms with E-state index >= 15 is 0 Å². The standard InChI is InChI=1S/C9H8N2O3/c1-14-8-3-2-5-9(11-8)6(12)4-7(13)10-5/h2-4,8,12H,1H3. The predicted molar refractivity (Wildman–Crippen MR) is 50.5 cm³/mol. The van der Waals surface area contributed by atoms with Crippen molar-refractivity contribution in [2.45, 2.75) is 6.23 Å². The summed E-state index contributed by atoms with van der Waals surface area (Å²) in [7, 11) is 1.51. The second-order valence-corrected chi connectivity index (χ2v) is 2.83. The Morgan fingerprint density at radius 1 is 1.57 bits per heavy atom. The molecule has 1 atom stereocenters. The smallest absolute Gasteiger partial charge is 0.274 e. The van der Waals surface area contributed by atoms with Crippen LogP contribution in [0.5, 0.6) is 0 Å². The second kappa shape index (κ2) is 3.19. The number of fused-ring (bicyclic) bond motifs is 1. The van der Waals surface area contributed by atoms with Crippen molar-refractivity contribution in [3.63, 3.8) is 0 Å². The van der Waals surface area contributed by atoms with Crippen LogP contribution in [0, 0.1) is 0 Å². The van der Waals surface area contributed by atoms with Gasteiger partial charge >= 0.3 is 0 Å². The van der Waals surface area contributed by atoms with Crippen LogP contribution in [0.1, 0.15) is 0 Å². The van der Waals surface area contributed by atoms with E-state index in [-0.39, 0.29) is 5.76 Å². The third-order valence-corrected chi connectivity index (χ3v) is 1.89. The van der Waals surface area contributed by atoms with Crippen LogP contribution in [0.3, 0.4) is 0 Å². The number of allylic oxidation sites excluding steroid dienone is 2. The zero-order valence-electron chi connectivity index (χ0n) is 7.47. The van der Waals surface area contributed by atoms with Gasteiger partial charge in [-0.15, -0.1) is 0 Å². The van der Waals surface area contributed by atoms with Crippen molar-refractivity contribution in [1.29, 1.82) is 0 Å². The third-order valence-electron chi connectivity index (χ3n) is 1.89. The molecule has 0 aromatic rings. The molecule has 72 valence electrons. The van der Waals surface area contributed by atoms with E-state index in [1.807, 2.05) is 0 Å². The van der Waals surface area contributed by atoms with Gasteiger partial charge in [-0.3, -0.25) is 4.79 Å². The van der Waals surface area contributed by atoms with E-state index in [0.717, 1.165) is 6.08 Å². The number of dihydropyridines is 2. The first-order chi connectivity index (χ1) is 6.70. The number of hydrogen-bond acceptors (Lipinski definition) is 4. The lowest BCUT2D eigenvalue weighted by atomic mass is 10.1. The summed E-state index contributed by atoms with van der Waals surface area (Å²) in [6.45, 7) is 0. The Balaban J connectivity index is 2.40. The number of aliphatic hydroxyl groups excluding tert-OH is 1. The molecular weight excluding hydrogens is 184 g/mol. The average molecular weight is 192 g/mol. The topological polar surface area (TPSA) is 71.2 Å². The van der Waals surface area contributed by atoms with Crippen molar-refractivity contribution in [2.24, 2.45) is 9.98 Å². The molecule has 1 unspecified atom stereocenters. The van der Waals surface area contributed by atoms with Gasteiger partial charge in [0.1, 0.15) is 11.5 Å². The lowest BCUT2D eigenvalue weighted by Crippen LogP contribution is -2.27. The lowest BCUT2D eigenvalue weighted by Gasteiger charge is -2.16. The normalized spacial score (nSPS) is 25.1. The van der Waals surface area contributed by atoms with Crippen molar-refractivity contribution in [2.75, 3.05) is 7.11 Å². The molecule has 0 saturated heterocycles. The summed E-state index contributed by atoms with van der Waals surface area (Å²) in [4.78, 5) is 18.7. The zero-order chi connectivity index (χ0) is 10.1. The summed E-state index contributed by atoms with van der Waals surface area (Å²) in [6, 6.07) is 0. The molecule has 1 amide bonds. The minimum Gasteiger partial charge on any atom is -0.505 e. The first-order valence-electron chi connectivity index (χ1n) is 4.03. The number of carbonyl (C=O) groups excluding carboxylic acids is 1. The van der Waals surface area contributed by atoms with Crippen molar-refractivity contribution in [3.05, 3.63) is 24.0 Å². The summed E-state index contributed by atoms with van der Waals surface area (Å²) < 4.78 is 4.96. The highest BCUT2D eigenvalue weighted by atomic mass is 16.5. The fourth-order valence-electron chi connectivity index (χ4n) is 1.24. The molecule has 1 N–H and O–H groups in total. The zero-order valence-corrected chi connectivity index (χ0v) is 7.47. The first-order valence-corrected chi connectivity index (χ1v) is 4.03. The summed E-state index contributed by atoms with van der Waals surface area (Å²) in [5, 5.41) is 9.43. The van der Waals surface area contributed by atoms with Gasteiger partial charge < -0.3 is 9.84 Å². The Morgan fingerprint density at radius 3 is 3.07 bits per heavy atom. The van der Waals surface area contributed by atoms with E-state index in [2.05, 4.69) is 9.98 Å². The molecule has 0 bridgehead atoms. The Hall–Kier alpha value is -1.75. The number of nitrogens with zero attached hydrogens (tertiary/aromatic N) is 2. The number of rotatable bonds is 1. The minimum atomic E-state index is -0.475. The average Bonchev–Trinajstić information content (AvgIpc) is 2.17. The Morgan fingerprint density at radius 2 is 2.36 bits per heavy atom. The number of amides is 1. The highest BCUT2D eigenvalue weighted by Gasteiger charge is 2.23. The van der Waals surface area contributed by atoms with Crippen LogP contribution in [0.25, 0.3) is 0 Å². The molecule has 0 fully saturated rings. The summed E-state index contributed by atoms with van der Waals surface area (Å²) in [5.41, 5.74) is 0.683. The summed E-state index contributed by atoms with van der Waals surface area (Å²) >= 11 is 0. The molecule has 2 aliphatic heterocycles. The number of hydrogen-bond donors (Lipinski definition) is 1. The highest BCUT2D eigenvalue weighted by molar-refractivity contribution is 6.54. The van der Waals surface area contributed by atoms with E-state index in [0.29, 0.717) is 11.4 Å². The molecular formula is C9H8N2O3. The maximum absolute atomic E-state index is 10.9. The first kappa shape index (κ1) is 8.83. The summed E-state index contributed by atoms with van der Waals surface area (Å²) in [6.07, 6.45) is 3.88. The van der Waals surface area contributed by atoms with E-state index in [1.165, 1.54) is 7.11 Å². The molecule has 2 aliphatic rings. The number of carbonyl (C=O) groups is 1. The monoisotopic (exact) mass is 192 g/mol. The Labute approximate surface area is 80.1 Å². The van der Waals surface area contributed by atoms with Gasteiger partial charge in [0.2, 0.25) is 0 Å². The van der Waals surface area contributed by atoms with E-state index in [4.69, 9.17) is 4.74 Å². The highest BCUT2D eigenvalue weighted by Crippen LogP contribution is 2.13. The van der Waals surface area contributed by atoms with Crippen LogP contribution in [-0.2, 0) is 9.53 Å². The number of ether oxygens (including phenoxy) is 1. The van der Waals surface area contributed by atoms with Crippen molar-refractivity contribution >= 4 is 17.3 Å². The van der Waals surface area contributed by atoms with E-state index in [9.17, 15) is 9.90 Å². The van der Waals surface area contributed by atoms with Crippen molar-refractivity contribution < 1.29 is 14.6 Å². The van der Waals surface area contributed by atoms with Gasteiger partial charge in [-0.25, -0.2) is 9.98 Å². The van der Waals surface area contributed by atoms with Gasteiger partial charge in [-0.05, 0) is 12.2 Å². The SMILES string of the molecule is COC1C=CC2=NC(=O)C=C(O)C2=N1. The molecule has 0 aromatic heterocycles. The van der Waals surface area contributed by atoms with Crippen LogP contribution >= 0.6 is 0 Å². The third kappa shape index (κ3) is 1.38. The number of aliphatic imine (C=N–C) groups is 2. The maximum Gasteiger partial charge on any atom is 0.274 e. The van der Waals surface area contributed by atoms with Crippen molar-refractivity contribution in [1.82, 2.24) is 0 Å². The molecule has 0 saturated carbocycles. The summed E-state index contributed by atoms with van der Waals surface area (Å²) in [5.74, 6) is -0.636. The number of aliphatic hydroxyl groups is 1. The van der Waals surface area contributed by atoms with Crippen LogP contribution in [0.15, 0.2) is 34.0 Å². The Bertz CT molecular complexity index is 404. The Kier molecular flexibility index (Phi) is 2.01. The van der Waals surface area contributed by atoms with Gasteiger partial charge in [-0.2, -0.15) is 0 Å². The van der Waals surface area contributed by atoms with Crippen LogP contribution < -0.4 is 0 Å². The molecule has 14 heavy (non-hydrogen) atoms. The van der Waals surface area contributed by atoms with E-state index in [1.54, 1.807) is 12.2 Å². The predicted octanol–water partition coefficient (Wildman–Crippen LogP) is 0.393.